The van der Waals surface area contributed by atoms with Crippen molar-refractivity contribution in [2.75, 3.05) is 14.2 Å². The molecule has 1 heterocycles. The van der Waals surface area contributed by atoms with Gasteiger partial charge in [-0.05, 0) is 19.1 Å². The minimum atomic E-state index is -0.351. The van der Waals surface area contributed by atoms with Crippen LogP contribution in [0.2, 0.25) is 0 Å². The van der Waals surface area contributed by atoms with Gasteiger partial charge in [0.1, 0.15) is 11.5 Å². The van der Waals surface area contributed by atoms with E-state index in [1.54, 1.807) is 12.1 Å². The third-order valence-corrected chi connectivity index (χ3v) is 2.58. The molecule has 0 amide bonds. The largest absolute Gasteiger partial charge is 0.465 e. The van der Waals surface area contributed by atoms with Crippen molar-refractivity contribution in [1.82, 2.24) is 4.90 Å². The predicted octanol–water partition coefficient (Wildman–Crippen LogP) is 2.16. The van der Waals surface area contributed by atoms with Crippen LogP contribution in [-0.2, 0) is 11.3 Å². The Morgan fingerprint density at radius 2 is 2.24 bits per heavy atom. The lowest BCUT2D eigenvalue weighted by molar-refractivity contribution is 0.0600. The second kappa shape index (κ2) is 4.49. The molecule has 0 unspecified atom stereocenters. The molecule has 90 valence electrons. The van der Waals surface area contributed by atoms with E-state index in [0.717, 1.165) is 17.9 Å². The van der Waals surface area contributed by atoms with Gasteiger partial charge in [-0.25, -0.2) is 4.79 Å². The van der Waals surface area contributed by atoms with Crippen molar-refractivity contribution in [1.29, 1.82) is 0 Å². The van der Waals surface area contributed by atoms with E-state index in [4.69, 9.17) is 4.74 Å². The molecule has 0 aliphatic carbocycles. The Labute approximate surface area is 100 Å². The predicted molar refractivity (Wildman–Crippen MR) is 63.6 cm³/mol. The van der Waals surface area contributed by atoms with E-state index in [0.29, 0.717) is 11.3 Å². The first-order chi connectivity index (χ1) is 8.10. The number of hydrogen-bond acceptors (Lipinski definition) is 4. The number of benzene rings is 1. The summed E-state index contributed by atoms with van der Waals surface area (Å²) in [5.41, 5.74) is 1.55. The smallest absolute Gasteiger partial charge is 0.337 e. The summed E-state index contributed by atoms with van der Waals surface area (Å²) in [7, 11) is 3.35. The van der Waals surface area contributed by atoms with Crippen LogP contribution in [0.5, 0.6) is 5.75 Å². The SMILES string of the molecule is COC(=O)c1ccc2c(c1)OC(C)=CN(C)C2. The van der Waals surface area contributed by atoms with Gasteiger partial charge in [0.15, 0.2) is 0 Å². The summed E-state index contributed by atoms with van der Waals surface area (Å²) in [6, 6.07) is 5.37. The first-order valence-electron chi connectivity index (χ1n) is 5.38. The van der Waals surface area contributed by atoms with Gasteiger partial charge in [-0.2, -0.15) is 0 Å². The fourth-order valence-corrected chi connectivity index (χ4v) is 1.85. The number of nitrogens with zero attached hydrogens (tertiary/aromatic N) is 1. The van der Waals surface area contributed by atoms with Gasteiger partial charge in [-0.15, -0.1) is 0 Å². The third-order valence-electron chi connectivity index (χ3n) is 2.58. The van der Waals surface area contributed by atoms with Crippen LogP contribution in [0.1, 0.15) is 22.8 Å². The maximum absolute atomic E-state index is 11.4. The minimum absolute atomic E-state index is 0.351. The molecule has 1 aliphatic rings. The molecule has 0 bridgehead atoms. The zero-order valence-electron chi connectivity index (χ0n) is 10.2. The monoisotopic (exact) mass is 233 g/mol. The summed E-state index contributed by atoms with van der Waals surface area (Å²) in [4.78, 5) is 13.5. The summed E-state index contributed by atoms with van der Waals surface area (Å²) in [6.07, 6.45) is 1.93. The molecule has 1 aliphatic heterocycles. The van der Waals surface area contributed by atoms with Gasteiger partial charge in [-0.1, -0.05) is 6.07 Å². The maximum atomic E-state index is 11.4. The standard InChI is InChI=1S/C13H15NO3/c1-9-7-14(2)8-11-5-4-10(13(15)16-3)6-12(11)17-9/h4-7H,8H2,1-3H3. The topological polar surface area (TPSA) is 38.8 Å². The molecule has 1 aromatic carbocycles. The van der Waals surface area contributed by atoms with Crippen LogP contribution in [0.15, 0.2) is 30.2 Å². The van der Waals surface area contributed by atoms with Crippen molar-refractivity contribution in [3.63, 3.8) is 0 Å². The Hall–Kier alpha value is -1.97. The van der Waals surface area contributed by atoms with Gasteiger partial charge in [0, 0.05) is 25.4 Å². The molecule has 0 saturated carbocycles. The van der Waals surface area contributed by atoms with Crippen molar-refractivity contribution < 1.29 is 14.3 Å². The van der Waals surface area contributed by atoms with Crippen molar-refractivity contribution in [3.05, 3.63) is 41.3 Å². The van der Waals surface area contributed by atoms with Crippen molar-refractivity contribution in [2.24, 2.45) is 0 Å². The van der Waals surface area contributed by atoms with Crippen molar-refractivity contribution in [3.8, 4) is 5.75 Å². The maximum Gasteiger partial charge on any atom is 0.337 e. The quantitative estimate of drug-likeness (QED) is 0.697. The molecular formula is C13H15NO3. The molecule has 0 saturated heterocycles. The highest BCUT2D eigenvalue weighted by Gasteiger charge is 2.14. The van der Waals surface area contributed by atoms with Crippen LogP contribution in [0.4, 0.5) is 0 Å². The molecule has 0 aromatic heterocycles. The van der Waals surface area contributed by atoms with Gasteiger partial charge in [0.25, 0.3) is 0 Å². The number of rotatable bonds is 1. The Bertz CT molecular complexity index is 480. The number of fused-ring (bicyclic) bond motifs is 1. The first kappa shape index (κ1) is 11.5. The van der Waals surface area contributed by atoms with E-state index in [1.165, 1.54) is 7.11 Å². The average Bonchev–Trinajstić information content (AvgIpc) is 2.43. The second-order valence-electron chi connectivity index (χ2n) is 4.07. The van der Waals surface area contributed by atoms with Gasteiger partial charge >= 0.3 is 5.97 Å². The first-order valence-corrected chi connectivity index (χ1v) is 5.38. The van der Waals surface area contributed by atoms with Crippen LogP contribution < -0.4 is 4.74 Å². The number of carbonyl (C=O) groups is 1. The number of hydrogen-bond donors (Lipinski definition) is 0. The van der Waals surface area contributed by atoms with Crippen LogP contribution >= 0.6 is 0 Å². The van der Waals surface area contributed by atoms with Gasteiger partial charge < -0.3 is 14.4 Å². The Kier molecular flexibility index (Phi) is 3.04. The molecule has 0 radical (unpaired) electrons. The summed E-state index contributed by atoms with van der Waals surface area (Å²) in [6.45, 7) is 2.64. The summed E-state index contributed by atoms with van der Waals surface area (Å²) >= 11 is 0. The van der Waals surface area contributed by atoms with Crippen molar-refractivity contribution in [2.45, 2.75) is 13.5 Å². The van der Waals surface area contributed by atoms with Crippen LogP contribution in [0, 0.1) is 0 Å². The van der Waals surface area contributed by atoms with Gasteiger partial charge in [-0.3, -0.25) is 0 Å². The highest BCUT2D eigenvalue weighted by Crippen LogP contribution is 2.26. The highest BCUT2D eigenvalue weighted by molar-refractivity contribution is 5.89. The lowest BCUT2D eigenvalue weighted by atomic mass is 10.1. The highest BCUT2D eigenvalue weighted by atomic mass is 16.5. The van der Waals surface area contributed by atoms with E-state index in [2.05, 4.69) is 4.74 Å². The lowest BCUT2D eigenvalue weighted by Crippen LogP contribution is -2.09. The summed E-state index contributed by atoms with van der Waals surface area (Å²) in [5.74, 6) is 1.16. The van der Waals surface area contributed by atoms with E-state index < -0.39 is 0 Å². The van der Waals surface area contributed by atoms with E-state index in [-0.39, 0.29) is 5.97 Å². The lowest BCUT2D eigenvalue weighted by Gasteiger charge is -2.12. The molecule has 0 atom stereocenters. The Morgan fingerprint density at radius 1 is 1.47 bits per heavy atom. The third kappa shape index (κ3) is 2.41. The van der Waals surface area contributed by atoms with Crippen LogP contribution in [-0.4, -0.2) is 25.0 Å². The normalized spacial score (nSPS) is 14.3. The van der Waals surface area contributed by atoms with Crippen LogP contribution in [0.25, 0.3) is 0 Å². The van der Waals surface area contributed by atoms with E-state index >= 15 is 0 Å². The van der Waals surface area contributed by atoms with Gasteiger partial charge in [0.2, 0.25) is 0 Å². The van der Waals surface area contributed by atoms with E-state index in [9.17, 15) is 4.79 Å². The summed E-state index contributed by atoms with van der Waals surface area (Å²) < 4.78 is 10.4. The molecule has 17 heavy (non-hydrogen) atoms. The number of methoxy groups -OCH3 is 1. The number of carbonyl (C=O) groups excluding carboxylic acids is 1. The fraction of sp³-hybridized carbons (Fsp3) is 0.308. The molecule has 2 rings (SSSR count). The Morgan fingerprint density at radius 3 is 2.94 bits per heavy atom. The molecular weight excluding hydrogens is 218 g/mol. The molecule has 0 fully saturated rings. The molecule has 0 N–H and O–H groups in total. The number of esters is 1. The zero-order valence-corrected chi connectivity index (χ0v) is 10.2. The van der Waals surface area contributed by atoms with Crippen molar-refractivity contribution >= 4 is 5.97 Å². The summed E-state index contributed by atoms with van der Waals surface area (Å²) in [5, 5.41) is 0. The number of allylic oxidation sites excluding steroid dienone is 1. The molecule has 4 nitrogen and oxygen atoms in total. The average molecular weight is 233 g/mol. The fourth-order valence-electron chi connectivity index (χ4n) is 1.85. The molecule has 0 spiro atoms. The molecule has 4 heteroatoms. The Balaban J connectivity index is 2.39. The molecule has 1 aromatic rings. The van der Waals surface area contributed by atoms with Gasteiger partial charge in [0.05, 0.1) is 12.7 Å². The zero-order chi connectivity index (χ0) is 12.4. The van der Waals surface area contributed by atoms with Crippen LogP contribution in [0.3, 0.4) is 0 Å². The second-order valence-corrected chi connectivity index (χ2v) is 4.07. The van der Waals surface area contributed by atoms with E-state index in [1.807, 2.05) is 31.1 Å². The number of ether oxygens (including phenoxy) is 2. The minimum Gasteiger partial charge on any atom is -0.465 e.